The van der Waals surface area contributed by atoms with E-state index in [1.807, 2.05) is 43.2 Å². The van der Waals surface area contributed by atoms with Crippen LogP contribution in [-0.2, 0) is 4.79 Å². The zero-order chi connectivity index (χ0) is 15.5. The summed E-state index contributed by atoms with van der Waals surface area (Å²) in [5.74, 6) is 2.61. The summed E-state index contributed by atoms with van der Waals surface area (Å²) in [6.45, 7) is 3.41. The second-order valence-electron chi connectivity index (χ2n) is 5.50. The molecule has 0 saturated carbocycles. The maximum absolute atomic E-state index is 10.7. The summed E-state index contributed by atoms with van der Waals surface area (Å²) in [5, 5.41) is 0.556. The van der Waals surface area contributed by atoms with E-state index in [2.05, 4.69) is 9.89 Å². The van der Waals surface area contributed by atoms with Crippen molar-refractivity contribution in [3.63, 3.8) is 0 Å². The highest BCUT2D eigenvalue weighted by Gasteiger charge is 2.19. The van der Waals surface area contributed by atoms with Crippen LogP contribution >= 0.6 is 11.6 Å². The fourth-order valence-corrected chi connectivity index (χ4v) is 2.77. The fourth-order valence-electron chi connectivity index (χ4n) is 2.60. The molecule has 114 valence electrons. The molecule has 2 aliphatic heterocycles. The Bertz CT molecular complexity index is 690. The summed E-state index contributed by atoms with van der Waals surface area (Å²) in [6, 6.07) is 5.66. The third-order valence-corrected chi connectivity index (χ3v) is 4.11. The minimum atomic E-state index is -0.328. The van der Waals surface area contributed by atoms with Crippen LogP contribution in [0.25, 0.3) is 0 Å². The van der Waals surface area contributed by atoms with E-state index < -0.39 is 0 Å². The summed E-state index contributed by atoms with van der Waals surface area (Å²) in [5.41, 5.74) is 2.83. The first-order valence-corrected chi connectivity index (χ1v) is 7.67. The normalized spacial score (nSPS) is 20.8. The lowest BCUT2D eigenvalue weighted by Gasteiger charge is -2.21. The second-order valence-corrected chi connectivity index (χ2v) is 5.90. The Kier molecular flexibility index (Phi) is 4.32. The van der Waals surface area contributed by atoms with Crippen LogP contribution in [-0.4, -0.2) is 31.0 Å². The van der Waals surface area contributed by atoms with E-state index in [0.717, 1.165) is 36.4 Å². The lowest BCUT2D eigenvalue weighted by Crippen LogP contribution is -2.19. The van der Waals surface area contributed by atoms with Crippen LogP contribution in [0, 0.1) is 0 Å². The molecule has 5 heteroatoms. The predicted molar refractivity (Wildman–Crippen MR) is 88.8 cm³/mol. The number of hydrogen-bond donors (Lipinski definition) is 0. The van der Waals surface area contributed by atoms with Crippen molar-refractivity contribution in [2.45, 2.75) is 26.0 Å². The minimum absolute atomic E-state index is 0.328. The smallest absolute Gasteiger partial charge is 0.208 e. The highest BCUT2D eigenvalue weighted by atomic mass is 35.5. The van der Waals surface area contributed by atoms with E-state index in [1.54, 1.807) is 0 Å². The van der Waals surface area contributed by atoms with Crippen LogP contribution in [0.4, 0.5) is 5.69 Å². The second kappa shape index (κ2) is 6.39. The Balaban J connectivity index is 1.80. The van der Waals surface area contributed by atoms with E-state index in [0.29, 0.717) is 17.3 Å². The zero-order valence-corrected chi connectivity index (χ0v) is 13.1. The Morgan fingerprint density at radius 1 is 1.45 bits per heavy atom. The molecule has 1 aromatic carbocycles. The van der Waals surface area contributed by atoms with Crippen LogP contribution in [0.1, 0.15) is 19.8 Å². The first-order chi connectivity index (χ1) is 10.7. The summed E-state index contributed by atoms with van der Waals surface area (Å²) in [4.78, 5) is 17.3. The molecule has 3 rings (SSSR count). The fraction of sp³-hybridized carbons (Fsp3) is 0.353. The van der Waals surface area contributed by atoms with Gasteiger partial charge in [-0.1, -0.05) is 17.7 Å². The van der Waals surface area contributed by atoms with Gasteiger partial charge in [-0.25, -0.2) is 9.79 Å². The minimum Gasteiger partial charge on any atom is -0.464 e. The molecule has 4 nitrogen and oxygen atoms in total. The Morgan fingerprint density at radius 2 is 2.32 bits per heavy atom. The van der Waals surface area contributed by atoms with Crippen molar-refractivity contribution in [2.75, 3.05) is 18.0 Å². The van der Waals surface area contributed by atoms with Crippen LogP contribution in [0.3, 0.4) is 0 Å². The van der Waals surface area contributed by atoms with Crippen LogP contribution < -0.4 is 9.64 Å². The SMILES string of the molecule is CC1=NC(Oc2cc(N3CCC(=C=O)C3)ccc2Cl)C=CC1. The van der Waals surface area contributed by atoms with Gasteiger partial charge in [-0.15, -0.1) is 0 Å². The Labute approximate surface area is 134 Å². The number of nitrogens with zero attached hydrogens (tertiary/aromatic N) is 2. The average Bonchev–Trinajstić information content (AvgIpc) is 2.98. The van der Waals surface area contributed by atoms with Gasteiger partial charge in [0, 0.05) is 42.5 Å². The molecule has 0 bridgehead atoms. The molecule has 1 atom stereocenters. The molecule has 1 fully saturated rings. The molecule has 1 unspecified atom stereocenters. The Morgan fingerprint density at radius 3 is 3.05 bits per heavy atom. The molecule has 0 aliphatic carbocycles. The predicted octanol–water partition coefficient (Wildman–Crippen LogP) is 3.43. The molecule has 1 saturated heterocycles. The van der Waals surface area contributed by atoms with E-state index >= 15 is 0 Å². The van der Waals surface area contributed by atoms with Gasteiger partial charge < -0.3 is 9.64 Å². The molecular weight excluding hydrogens is 300 g/mol. The molecule has 0 aromatic heterocycles. The van der Waals surface area contributed by atoms with Crippen molar-refractivity contribution in [3.8, 4) is 5.75 Å². The molecule has 0 N–H and O–H groups in total. The van der Waals surface area contributed by atoms with Crippen molar-refractivity contribution in [2.24, 2.45) is 4.99 Å². The van der Waals surface area contributed by atoms with Crippen molar-refractivity contribution in [3.05, 3.63) is 40.9 Å². The number of halogens is 1. The topological polar surface area (TPSA) is 41.9 Å². The van der Waals surface area contributed by atoms with Crippen molar-refractivity contribution >= 4 is 28.9 Å². The summed E-state index contributed by atoms with van der Waals surface area (Å²) >= 11 is 6.23. The van der Waals surface area contributed by atoms with Gasteiger partial charge in [0.15, 0.2) is 0 Å². The first kappa shape index (κ1) is 14.9. The molecule has 0 spiro atoms. The van der Waals surface area contributed by atoms with E-state index in [-0.39, 0.29) is 6.23 Å². The number of dihydropyridines is 1. The first-order valence-electron chi connectivity index (χ1n) is 7.29. The van der Waals surface area contributed by atoms with E-state index in [1.165, 1.54) is 0 Å². The number of hydrogen-bond acceptors (Lipinski definition) is 4. The maximum atomic E-state index is 10.7. The van der Waals surface area contributed by atoms with Crippen LogP contribution in [0.5, 0.6) is 5.75 Å². The van der Waals surface area contributed by atoms with Gasteiger partial charge in [-0.2, -0.15) is 0 Å². The number of benzene rings is 1. The highest BCUT2D eigenvalue weighted by molar-refractivity contribution is 6.32. The molecule has 2 heterocycles. The van der Waals surface area contributed by atoms with Gasteiger partial charge in [-0.3, -0.25) is 0 Å². The molecular formula is C17H17ClN2O2. The highest BCUT2D eigenvalue weighted by Crippen LogP contribution is 2.32. The monoisotopic (exact) mass is 316 g/mol. The van der Waals surface area contributed by atoms with E-state index in [4.69, 9.17) is 16.3 Å². The van der Waals surface area contributed by atoms with Gasteiger partial charge >= 0.3 is 0 Å². The van der Waals surface area contributed by atoms with Crippen molar-refractivity contribution in [1.29, 1.82) is 0 Å². The summed E-state index contributed by atoms with van der Waals surface area (Å²) < 4.78 is 5.89. The van der Waals surface area contributed by atoms with Crippen molar-refractivity contribution in [1.82, 2.24) is 0 Å². The molecule has 2 aliphatic rings. The number of carbonyl (C=O) groups excluding carboxylic acids is 1. The molecule has 1 aromatic rings. The largest absolute Gasteiger partial charge is 0.464 e. The quantitative estimate of drug-likeness (QED) is 0.633. The van der Waals surface area contributed by atoms with Crippen LogP contribution in [0.15, 0.2) is 40.9 Å². The number of rotatable bonds is 3. The third kappa shape index (κ3) is 3.24. The number of anilines is 1. The van der Waals surface area contributed by atoms with Crippen molar-refractivity contribution < 1.29 is 9.53 Å². The van der Waals surface area contributed by atoms with Gasteiger partial charge in [-0.05, 0) is 31.6 Å². The van der Waals surface area contributed by atoms with Gasteiger partial charge in [0.25, 0.3) is 0 Å². The summed E-state index contributed by atoms with van der Waals surface area (Å²) in [6.07, 6.45) is 5.27. The molecule has 0 amide bonds. The zero-order valence-electron chi connectivity index (χ0n) is 12.4. The number of aliphatic imine (C=N–C) groups is 1. The van der Waals surface area contributed by atoms with Gasteiger partial charge in [0.1, 0.15) is 11.7 Å². The lowest BCUT2D eigenvalue weighted by molar-refractivity contribution is 0.258. The lowest BCUT2D eigenvalue weighted by atomic mass is 10.2. The molecule has 0 radical (unpaired) electrons. The third-order valence-electron chi connectivity index (χ3n) is 3.80. The van der Waals surface area contributed by atoms with Gasteiger partial charge in [0.05, 0.1) is 5.02 Å². The average molecular weight is 317 g/mol. The maximum Gasteiger partial charge on any atom is 0.208 e. The Hall–Kier alpha value is -2.03. The standard InChI is InChI=1S/C17H17ClN2O2/c1-12-3-2-4-17(19-12)22-16-9-14(5-6-15(16)18)20-8-7-13(10-20)11-21/h2,4-6,9,17H,3,7-8,10H2,1H3. The summed E-state index contributed by atoms with van der Waals surface area (Å²) in [7, 11) is 0. The number of ether oxygens (including phenoxy) is 1. The van der Waals surface area contributed by atoms with Crippen LogP contribution in [0.2, 0.25) is 5.02 Å². The molecule has 22 heavy (non-hydrogen) atoms. The van der Waals surface area contributed by atoms with Gasteiger partial charge in [0.2, 0.25) is 6.23 Å². The number of allylic oxidation sites excluding steroid dienone is 1. The van der Waals surface area contributed by atoms with E-state index in [9.17, 15) is 4.79 Å².